The Kier molecular flexibility index (Phi) is 4.48. The van der Waals surface area contributed by atoms with E-state index in [1.807, 2.05) is 12.1 Å². The van der Waals surface area contributed by atoms with Gasteiger partial charge in [-0.25, -0.2) is 0 Å². The van der Waals surface area contributed by atoms with Crippen LogP contribution in [0.1, 0.15) is 15.3 Å². The third kappa shape index (κ3) is 3.33. The van der Waals surface area contributed by atoms with Crippen LogP contribution in [0.4, 0.5) is 0 Å². The summed E-state index contributed by atoms with van der Waals surface area (Å²) >= 11 is 15.0. The average Bonchev–Trinajstić information content (AvgIpc) is 2.68. The molecule has 0 nitrogen and oxygen atoms in total. The molecule has 1 atom stereocenters. The Balaban J connectivity index is 2.17. The third-order valence-corrected chi connectivity index (χ3v) is 4.63. The number of rotatable bonds is 3. The zero-order valence-corrected chi connectivity index (χ0v) is 13.0. The van der Waals surface area contributed by atoms with Gasteiger partial charge in [0.2, 0.25) is 0 Å². The quantitative estimate of drug-likeness (QED) is 0.587. The number of thiophene rings is 1. The van der Waals surface area contributed by atoms with Gasteiger partial charge in [-0.05, 0) is 41.6 Å². The number of hydrogen-bond acceptors (Lipinski definition) is 1. The lowest BCUT2D eigenvalue weighted by atomic mass is 10.1. The van der Waals surface area contributed by atoms with Gasteiger partial charge in [-0.2, -0.15) is 0 Å². The normalized spacial score (nSPS) is 12.7. The van der Waals surface area contributed by atoms with Crippen molar-refractivity contribution in [3.63, 3.8) is 0 Å². The van der Waals surface area contributed by atoms with Crippen molar-refractivity contribution < 1.29 is 0 Å². The van der Waals surface area contributed by atoms with Crippen LogP contribution in [0.2, 0.25) is 5.02 Å². The Hall–Kier alpha value is 0.170. The smallest absolute Gasteiger partial charge is 0.0444 e. The molecule has 0 saturated heterocycles. The van der Waals surface area contributed by atoms with Gasteiger partial charge in [0.15, 0.2) is 0 Å². The van der Waals surface area contributed by atoms with Gasteiger partial charge in [0.1, 0.15) is 0 Å². The highest BCUT2D eigenvalue weighted by Gasteiger charge is 2.10. The zero-order valence-electron chi connectivity index (χ0n) is 8.29. The molecule has 0 saturated carbocycles. The van der Waals surface area contributed by atoms with Crippen LogP contribution >= 0.6 is 54.8 Å². The van der Waals surface area contributed by atoms with Crippen molar-refractivity contribution in [1.82, 2.24) is 0 Å². The summed E-state index contributed by atoms with van der Waals surface area (Å²) in [6, 6.07) is 10.2. The maximum absolute atomic E-state index is 6.03. The SMILES string of the molecule is Clc1cc(Br)cc(C(Br)Cc2cccs2)c1. The summed E-state index contributed by atoms with van der Waals surface area (Å²) in [6.07, 6.45) is 0.991. The Bertz CT molecular complexity index is 448. The Morgan fingerprint density at radius 3 is 2.75 bits per heavy atom. The van der Waals surface area contributed by atoms with Crippen molar-refractivity contribution in [2.75, 3.05) is 0 Å². The van der Waals surface area contributed by atoms with Crippen LogP contribution in [0.15, 0.2) is 40.2 Å². The second-order valence-electron chi connectivity index (χ2n) is 3.45. The van der Waals surface area contributed by atoms with Crippen LogP contribution < -0.4 is 0 Å². The van der Waals surface area contributed by atoms with E-state index < -0.39 is 0 Å². The molecule has 1 aromatic heterocycles. The molecule has 1 unspecified atom stereocenters. The van der Waals surface area contributed by atoms with E-state index in [4.69, 9.17) is 11.6 Å². The van der Waals surface area contributed by atoms with E-state index in [0.717, 1.165) is 15.9 Å². The van der Waals surface area contributed by atoms with Gasteiger partial charge in [0, 0.05) is 19.2 Å². The molecule has 0 N–H and O–H groups in total. The molecule has 0 aliphatic carbocycles. The molecule has 0 aliphatic rings. The standard InChI is InChI=1S/C12H9Br2ClS/c13-9-4-8(5-10(15)6-9)12(14)7-11-2-1-3-16-11/h1-6,12H,7H2. The molecule has 16 heavy (non-hydrogen) atoms. The molecule has 0 radical (unpaired) electrons. The van der Waals surface area contributed by atoms with Crippen LogP contribution in [0.25, 0.3) is 0 Å². The van der Waals surface area contributed by atoms with E-state index in [0.29, 0.717) is 4.83 Å². The minimum Gasteiger partial charge on any atom is -0.149 e. The summed E-state index contributed by atoms with van der Waals surface area (Å²) in [6.45, 7) is 0. The van der Waals surface area contributed by atoms with E-state index in [1.54, 1.807) is 11.3 Å². The van der Waals surface area contributed by atoms with Crippen molar-refractivity contribution in [3.05, 3.63) is 55.6 Å². The molecular formula is C12H9Br2ClS. The highest BCUT2D eigenvalue weighted by Crippen LogP contribution is 2.32. The van der Waals surface area contributed by atoms with E-state index >= 15 is 0 Å². The lowest BCUT2D eigenvalue weighted by molar-refractivity contribution is 0.968. The lowest BCUT2D eigenvalue weighted by Crippen LogP contribution is -1.93. The molecule has 0 fully saturated rings. The fourth-order valence-electron chi connectivity index (χ4n) is 1.48. The van der Waals surface area contributed by atoms with Crippen molar-refractivity contribution in [2.45, 2.75) is 11.2 Å². The zero-order chi connectivity index (χ0) is 11.5. The van der Waals surface area contributed by atoms with E-state index in [-0.39, 0.29) is 0 Å². The van der Waals surface area contributed by atoms with E-state index in [9.17, 15) is 0 Å². The lowest BCUT2D eigenvalue weighted by Gasteiger charge is -2.10. The van der Waals surface area contributed by atoms with Crippen molar-refractivity contribution >= 4 is 54.8 Å². The van der Waals surface area contributed by atoms with Crippen LogP contribution in [-0.4, -0.2) is 0 Å². The Morgan fingerprint density at radius 2 is 2.12 bits per heavy atom. The third-order valence-electron chi connectivity index (χ3n) is 2.21. The molecule has 84 valence electrons. The maximum Gasteiger partial charge on any atom is 0.0444 e. The molecule has 2 rings (SSSR count). The first-order valence-corrected chi connectivity index (χ1v) is 7.74. The summed E-state index contributed by atoms with van der Waals surface area (Å²) in [5.41, 5.74) is 1.20. The Morgan fingerprint density at radius 1 is 1.31 bits per heavy atom. The molecule has 0 bridgehead atoms. The molecule has 1 heterocycles. The summed E-state index contributed by atoms with van der Waals surface area (Å²) in [5, 5.41) is 2.86. The minimum absolute atomic E-state index is 0.307. The minimum atomic E-state index is 0.307. The monoisotopic (exact) mass is 378 g/mol. The van der Waals surface area contributed by atoms with Crippen LogP contribution in [-0.2, 0) is 6.42 Å². The molecule has 0 aliphatic heterocycles. The predicted molar refractivity (Wildman–Crippen MR) is 78.8 cm³/mol. The van der Waals surface area contributed by atoms with E-state index in [1.165, 1.54) is 10.4 Å². The predicted octanol–water partition coefficient (Wildman–Crippen LogP) is 5.84. The first-order chi connectivity index (χ1) is 7.65. The fraction of sp³-hybridized carbons (Fsp3) is 0.167. The second-order valence-corrected chi connectivity index (χ2v) is 6.94. The summed E-state index contributed by atoms with van der Waals surface area (Å²) in [7, 11) is 0. The Labute approximate surface area is 121 Å². The van der Waals surface area contributed by atoms with Gasteiger partial charge in [-0.1, -0.05) is 49.5 Å². The van der Waals surface area contributed by atoms with Crippen LogP contribution in [0.3, 0.4) is 0 Å². The number of halogens is 3. The van der Waals surface area contributed by atoms with Crippen molar-refractivity contribution in [1.29, 1.82) is 0 Å². The molecule has 0 spiro atoms. The molecule has 0 amide bonds. The molecule has 2 aromatic rings. The van der Waals surface area contributed by atoms with E-state index in [2.05, 4.69) is 55.4 Å². The number of alkyl halides is 1. The van der Waals surface area contributed by atoms with Gasteiger partial charge >= 0.3 is 0 Å². The van der Waals surface area contributed by atoms with Crippen LogP contribution in [0.5, 0.6) is 0 Å². The van der Waals surface area contributed by atoms with Crippen molar-refractivity contribution in [2.24, 2.45) is 0 Å². The molecule has 4 heteroatoms. The summed E-state index contributed by atoms with van der Waals surface area (Å²) < 4.78 is 1.02. The van der Waals surface area contributed by atoms with Gasteiger partial charge in [0.25, 0.3) is 0 Å². The largest absolute Gasteiger partial charge is 0.149 e. The first-order valence-electron chi connectivity index (χ1n) is 4.77. The topological polar surface area (TPSA) is 0 Å². The van der Waals surface area contributed by atoms with Gasteiger partial charge in [-0.15, -0.1) is 11.3 Å². The molecule has 1 aromatic carbocycles. The maximum atomic E-state index is 6.03. The van der Waals surface area contributed by atoms with Crippen molar-refractivity contribution in [3.8, 4) is 0 Å². The second kappa shape index (κ2) is 5.67. The summed E-state index contributed by atoms with van der Waals surface area (Å²) in [5.74, 6) is 0. The number of benzene rings is 1. The highest BCUT2D eigenvalue weighted by molar-refractivity contribution is 9.10. The summed E-state index contributed by atoms with van der Waals surface area (Å²) in [4.78, 5) is 1.68. The first kappa shape index (κ1) is 12.6. The highest BCUT2D eigenvalue weighted by atomic mass is 79.9. The average molecular weight is 381 g/mol. The van der Waals surface area contributed by atoms with Gasteiger partial charge < -0.3 is 0 Å². The van der Waals surface area contributed by atoms with Crippen LogP contribution in [0, 0.1) is 0 Å². The van der Waals surface area contributed by atoms with Gasteiger partial charge in [0.05, 0.1) is 0 Å². The van der Waals surface area contributed by atoms with Gasteiger partial charge in [-0.3, -0.25) is 0 Å². The molecular weight excluding hydrogens is 371 g/mol. The number of hydrogen-bond donors (Lipinski definition) is 0. The fourth-order valence-corrected chi connectivity index (χ4v) is 3.94.